The van der Waals surface area contributed by atoms with Crippen LogP contribution in [0.5, 0.6) is 0 Å². The van der Waals surface area contributed by atoms with Crippen LogP contribution in [0.25, 0.3) is 0 Å². The largest absolute Gasteiger partial charge is 0.340 e. The molecule has 1 aromatic carbocycles. The highest BCUT2D eigenvalue weighted by Gasteiger charge is 2.16. The van der Waals surface area contributed by atoms with Crippen LogP contribution in [0.4, 0.5) is 0 Å². The van der Waals surface area contributed by atoms with E-state index in [9.17, 15) is 4.79 Å². The molecule has 1 atom stereocenters. The highest BCUT2D eigenvalue weighted by atomic mass is 35.5. The van der Waals surface area contributed by atoms with E-state index in [0.29, 0.717) is 5.02 Å². The fourth-order valence-electron chi connectivity index (χ4n) is 1.76. The summed E-state index contributed by atoms with van der Waals surface area (Å²) in [5, 5.41) is 3.47. The number of amides is 1. The molecule has 0 fully saturated rings. The minimum Gasteiger partial charge on any atom is -0.340 e. The van der Waals surface area contributed by atoms with Crippen LogP contribution >= 0.6 is 11.6 Å². The van der Waals surface area contributed by atoms with Gasteiger partial charge in [0.05, 0.1) is 11.7 Å². The van der Waals surface area contributed by atoms with E-state index >= 15 is 0 Å². The second-order valence-electron chi connectivity index (χ2n) is 3.96. The third-order valence-corrected chi connectivity index (χ3v) is 2.87. The Morgan fingerprint density at radius 2 is 2.16 bits per heavy atom. The highest BCUT2D eigenvalue weighted by molar-refractivity contribution is 6.30. The average Bonchev–Trinajstić information content (AvgIpc) is 2.45. The van der Waals surface area contributed by atoms with E-state index in [1.807, 2.05) is 36.4 Å². The van der Waals surface area contributed by atoms with Crippen molar-refractivity contribution in [2.24, 2.45) is 0 Å². The molecule has 1 unspecified atom stereocenters. The summed E-state index contributed by atoms with van der Waals surface area (Å²) in [5.74, 6) is -0.254. The SMILES string of the molecule is C=CC(=O)NC(c1cccc(Cl)c1)c1ccccn1. The first-order valence-electron chi connectivity index (χ1n) is 5.80. The first-order valence-corrected chi connectivity index (χ1v) is 6.18. The van der Waals surface area contributed by atoms with E-state index in [-0.39, 0.29) is 11.9 Å². The molecule has 0 spiro atoms. The van der Waals surface area contributed by atoms with Crippen molar-refractivity contribution in [1.29, 1.82) is 0 Å². The zero-order valence-corrected chi connectivity index (χ0v) is 11.0. The molecule has 0 aliphatic rings. The number of benzene rings is 1. The third-order valence-electron chi connectivity index (χ3n) is 2.64. The van der Waals surface area contributed by atoms with E-state index < -0.39 is 0 Å². The van der Waals surface area contributed by atoms with Gasteiger partial charge in [0.25, 0.3) is 0 Å². The molecule has 1 aromatic heterocycles. The van der Waals surface area contributed by atoms with Crippen LogP contribution in [-0.4, -0.2) is 10.9 Å². The number of hydrogen-bond donors (Lipinski definition) is 1. The zero-order valence-electron chi connectivity index (χ0n) is 10.2. The lowest BCUT2D eigenvalue weighted by Gasteiger charge is -2.18. The van der Waals surface area contributed by atoms with Crippen molar-refractivity contribution in [2.75, 3.05) is 0 Å². The van der Waals surface area contributed by atoms with Crippen LogP contribution in [0.15, 0.2) is 61.3 Å². The number of carbonyl (C=O) groups is 1. The number of aromatic nitrogens is 1. The zero-order chi connectivity index (χ0) is 13.7. The maximum atomic E-state index is 11.6. The van der Waals surface area contributed by atoms with Crippen molar-refractivity contribution in [3.63, 3.8) is 0 Å². The van der Waals surface area contributed by atoms with Crippen LogP contribution in [-0.2, 0) is 4.79 Å². The molecular formula is C15H13ClN2O. The number of carbonyl (C=O) groups excluding carboxylic acids is 1. The standard InChI is InChI=1S/C15H13ClN2O/c1-2-14(19)18-15(13-8-3-4-9-17-13)11-6-5-7-12(16)10-11/h2-10,15H,1H2,(H,18,19). The van der Waals surface area contributed by atoms with Gasteiger partial charge in [-0.1, -0.05) is 36.4 Å². The van der Waals surface area contributed by atoms with Crippen LogP contribution in [0, 0.1) is 0 Å². The molecule has 2 aromatic rings. The molecule has 0 aliphatic heterocycles. The fraction of sp³-hybridized carbons (Fsp3) is 0.0667. The number of nitrogens with one attached hydrogen (secondary N) is 1. The Bertz CT molecular complexity index is 584. The predicted octanol–water partition coefficient (Wildman–Crippen LogP) is 3.13. The van der Waals surface area contributed by atoms with Gasteiger partial charge in [0.2, 0.25) is 5.91 Å². The number of nitrogens with zero attached hydrogens (tertiary/aromatic N) is 1. The van der Waals surface area contributed by atoms with E-state index in [4.69, 9.17) is 11.6 Å². The number of pyridine rings is 1. The summed E-state index contributed by atoms with van der Waals surface area (Å²) in [6, 6.07) is 12.6. The summed E-state index contributed by atoms with van der Waals surface area (Å²) >= 11 is 5.99. The van der Waals surface area contributed by atoms with Gasteiger partial charge >= 0.3 is 0 Å². The molecule has 0 saturated carbocycles. The molecule has 0 bridgehead atoms. The first kappa shape index (κ1) is 13.3. The molecule has 96 valence electrons. The molecule has 4 heteroatoms. The van der Waals surface area contributed by atoms with E-state index in [2.05, 4.69) is 16.9 Å². The molecule has 0 radical (unpaired) electrons. The summed E-state index contributed by atoms with van der Waals surface area (Å²) in [6.07, 6.45) is 2.92. The molecule has 0 aliphatic carbocycles. The van der Waals surface area contributed by atoms with E-state index in [1.54, 1.807) is 12.3 Å². The summed E-state index contributed by atoms with van der Waals surface area (Å²) in [4.78, 5) is 15.8. The van der Waals surface area contributed by atoms with Crippen molar-refractivity contribution < 1.29 is 4.79 Å². The van der Waals surface area contributed by atoms with Gasteiger partial charge in [0.1, 0.15) is 0 Å². The van der Waals surface area contributed by atoms with Gasteiger partial charge in [-0.15, -0.1) is 0 Å². The lowest BCUT2D eigenvalue weighted by molar-refractivity contribution is -0.117. The minimum absolute atomic E-state index is 0.254. The molecule has 19 heavy (non-hydrogen) atoms. The molecule has 3 nitrogen and oxygen atoms in total. The maximum Gasteiger partial charge on any atom is 0.244 e. The Morgan fingerprint density at radius 3 is 2.79 bits per heavy atom. The van der Waals surface area contributed by atoms with Gasteiger partial charge in [-0.2, -0.15) is 0 Å². The topological polar surface area (TPSA) is 42.0 Å². The fourth-order valence-corrected chi connectivity index (χ4v) is 1.96. The monoisotopic (exact) mass is 272 g/mol. The van der Waals surface area contributed by atoms with Crippen LogP contribution < -0.4 is 5.32 Å². The summed E-state index contributed by atoms with van der Waals surface area (Å²) in [7, 11) is 0. The smallest absolute Gasteiger partial charge is 0.244 e. The number of halogens is 1. The van der Waals surface area contributed by atoms with Crippen molar-refractivity contribution in [1.82, 2.24) is 10.3 Å². The molecule has 0 saturated heterocycles. The van der Waals surface area contributed by atoms with Gasteiger partial charge in [-0.05, 0) is 35.9 Å². The Labute approximate surface area is 116 Å². The summed E-state index contributed by atoms with van der Waals surface area (Å²) in [5.41, 5.74) is 1.63. The second kappa shape index (κ2) is 6.16. The van der Waals surface area contributed by atoms with Crippen molar-refractivity contribution in [3.05, 3.63) is 77.6 Å². The maximum absolute atomic E-state index is 11.6. The number of hydrogen-bond acceptors (Lipinski definition) is 2. The van der Waals surface area contributed by atoms with Gasteiger partial charge < -0.3 is 5.32 Å². The Morgan fingerprint density at radius 1 is 1.32 bits per heavy atom. The van der Waals surface area contributed by atoms with Crippen LogP contribution in [0.1, 0.15) is 17.3 Å². The van der Waals surface area contributed by atoms with Crippen molar-refractivity contribution in [2.45, 2.75) is 6.04 Å². The summed E-state index contributed by atoms with van der Waals surface area (Å²) in [6.45, 7) is 3.46. The summed E-state index contributed by atoms with van der Waals surface area (Å²) < 4.78 is 0. The molecule has 1 amide bonds. The number of rotatable bonds is 4. The van der Waals surface area contributed by atoms with Crippen LogP contribution in [0.3, 0.4) is 0 Å². The van der Waals surface area contributed by atoms with Gasteiger partial charge in [0, 0.05) is 11.2 Å². The molecule has 1 N–H and O–H groups in total. The lowest BCUT2D eigenvalue weighted by Crippen LogP contribution is -2.28. The second-order valence-corrected chi connectivity index (χ2v) is 4.39. The molecular weight excluding hydrogens is 260 g/mol. The van der Waals surface area contributed by atoms with E-state index in [0.717, 1.165) is 11.3 Å². The van der Waals surface area contributed by atoms with Crippen molar-refractivity contribution >= 4 is 17.5 Å². The molecule has 2 rings (SSSR count). The third kappa shape index (κ3) is 3.42. The van der Waals surface area contributed by atoms with Crippen LogP contribution in [0.2, 0.25) is 5.02 Å². The first-order chi connectivity index (χ1) is 9.20. The highest BCUT2D eigenvalue weighted by Crippen LogP contribution is 2.22. The molecule has 1 heterocycles. The van der Waals surface area contributed by atoms with Gasteiger partial charge in [-0.25, -0.2) is 0 Å². The Balaban J connectivity index is 2.39. The minimum atomic E-state index is -0.342. The van der Waals surface area contributed by atoms with E-state index in [1.165, 1.54) is 6.08 Å². The van der Waals surface area contributed by atoms with Gasteiger partial charge in [0.15, 0.2) is 0 Å². The predicted molar refractivity (Wildman–Crippen MR) is 75.9 cm³/mol. The normalized spacial score (nSPS) is 11.6. The van der Waals surface area contributed by atoms with Gasteiger partial charge in [-0.3, -0.25) is 9.78 Å². The lowest BCUT2D eigenvalue weighted by atomic mass is 10.0. The quantitative estimate of drug-likeness (QED) is 0.869. The Kier molecular flexibility index (Phi) is 4.31. The Hall–Kier alpha value is -2.13. The average molecular weight is 273 g/mol. The van der Waals surface area contributed by atoms with Crippen molar-refractivity contribution in [3.8, 4) is 0 Å².